The lowest BCUT2D eigenvalue weighted by Gasteiger charge is -2.23. The molecule has 1 fully saturated rings. The molecule has 27 heavy (non-hydrogen) atoms. The number of Topliss-reactive ketones (excluding diaryl/α,β-unsaturated/α-hetero) is 1. The van der Waals surface area contributed by atoms with Gasteiger partial charge in [-0.05, 0) is 11.1 Å². The van der Waals surface area contributed by atoms with Crippen molar-refractivity contribution >= 4 is 17.8 Å². The number of likely N-dealkylation sites (tertiary alicyclic amines) is 1. The summed E-state index contributed by atoms with van der Waals surface area (Å²) in [7, 11) is 0. The van der Waals surface area contributed by atoms with Gasteiger partial charge in [0.05, 0.1) is 6.54 Å². The summed E-state index contributed by atoms with van der Waals surface area (Å²) in [5.74, 6) is -0.227. The first kappa shape index (κ1) is 18.6. The van der Waals surface area contributed by atoms with Gasteiger partial charge in [0.25, 0.3) is 0 Å². The Morgan fingerprint density at radius 1 is 1.00 bits per heavy atom. The second kappa shape index (κ2) is 8.98. The Bertz CT molecular complexity index is 792. The molecule has 140 valence electrons. The molecule has 1 atom stereocenters. The molecular weight excluding hydrogens is 344 g/mol. The first-order valence-corrected chi connectivity index (χ1v) is 8.93. The van der Waals surface area contributed by atoms with Crippen molar-refractivity contribution in [2.75, 3.05) is 13.1 Å². The SMILES string of the molecule is O=C1CCN(C(=O)[C@H](Cc2ccccc2)NC(=O)OCc2ccccc2)C1. The highest BCUT2D eigenvalue weighted by molar-refractivity contribution is 5.92. The van der Waals surface area contributed by atoms with E-state index < -0.39 is 12.1 Å². The van der Waals surface area contributed by atoms with E-state index in [1.165, 1.54) is 4.90 Å². The molecule has 6 heteroatoms. The molecule has 3 rings (SSSR count). The zero-order valence-electron chi connectivity index (χ0n) is 15.0. The molecule has 0 spiro atoms. The van der Waals surface area contributed by atoms with E-state index in [-0.39, 0.29) is 24.8 Å². The van der Waals surface area contributed by atoms with Crippen LogP contribution in [0.1, 0.15) is 17.5 Å². The number of rotatable bonds is 6. The van der Waals surface area contributed by atoms with Crippen LogP contribution < -0.4 is 5.32 Å². The highest BCUT2D eigenvalue weighted by Crippen LogP contribution is 2.11. The third-order valence-corrected chi connectivity index (χ3v) is 4.43. The number of amides is 2. The maximum absolute atomic E-state index is 12.8. The van der Waals surface area contributed by atoms with Crippen molar-refractivity contribution in [2.24, 2.45) is 0 Å². The van der Waals surface area contributed by atoms with Crippen molar-refractivity contribution in [3.63, 3.8) is 0 Å². The minimum atomic E-state index is -0.776. The molecule has 6 nitrogen and oxygen atoms in total. The van der Waals surface area contributed by atoms with Gasteiger partial charge in [-0.1, -0.05) is 60.7 Å². The fourth-order valence-corrected chi connectivity index (χ4v) is 3.00. The van der Waals surface area contributed by atoms with Gasteiger partial charge in [0, 0.05) is 19.4 Å². The summed E-state index contributed by atoms with van der Waals surface area (Å²) in [6, 6.07) is 18.0. The summed E-state index contributed by atoms with van der Waals surface area (Å²) >= 11 is 0. The molecule has 0 aliphatic carbocycles. The van der Waals surface area contributed by atoms with Crippen LogP contribution in [0.15, 0.2) is 60.7 Å². The van der Waals surface area contributed by atoms with E-state index >= 15 is 0 Å². The molecule has 0 aromatic heterocycles. The molecule has 1 aliphatic rings. The maximum atomic E-state index is 12.8. The Morgan fingerprint density at radius 3 is 2.22 bits per heavy atom. The Kier molecular flexibility index (Phi) is 6.20. The third-order valence-electron chi connectivity index (χ3n) is 4.43. The van der Waals surface area contributed by atoms with Crippen LogP contribution in [-0.2, 0) is 27.4 Å². The lowest BCUT2D eigenvalue weighted by molar-refractivity contribution is -0.133. The van der Waals surface area contributed by atoms with Crippen molar-refractivity contribution in [2.45, 2.75) is 25.5 Å². The highest BCUT2D eigenvalue weighted by atomic mass is 16.5. The van der Waals surface area contributed by atoms with Crippen molar-refractivity contribution < 1.29 is 19.1 Å². The highest BCUT2D eigenvalue weighted by Gasteiger charge is 2.31. The average Bonchev–Trinajstić information content (AvgIpc) is 3.13. The number of nitrogens with one attached hydrogen (secondary N) is 1. The number of carbonyl (C=O) groups is 3. The summed E-state index contributed by atoms with van der Waals surface area (Å²) < 4.78 is 5.24. The fourth-order valence-electron chi connectivity index (χ4n) is 3.00. The van der Waals surface area contributed by atoms with Crippen LogP contribution in [0.25, 0.3) is 0 Å². The zero-order valence-corrected chi connectivity index (χ0v) is 15.0. The number of hydrogen-bond donors (Lipinski definition) is 1. The van der Waals surface area contributed by atoms with Crippen LogP contribution in [0.2, 0.25) is 0 Å². The standard InChI is InChI=1S/C21H22N2O4/c24-18-11-12-23(14-18)20(25)19(13-16-7-3-1-4-8-16)22-21(26)27-15-17-9-5-2-6-10-17/h1-10,19H,11-15H2,(H,22,26)/t19-/m0/s1. The minimum absolute atomic E-state index is 0.0356. The Hall–Kier alpha value is -3.15. The topological polar surface area (TPSA) is 75.7 Å². The Balaban J connectivity index is 1.64. The monoisotopic (exact) mass is 366 g/mol. The van der Waals surface area contributed by atoms with Gasteiger partial charge in [-0.3, -0.25) is 9.59 Å². The van der Waals surface area contributed by atoms with Gasteiger partial charge in [0.2, 0.25) is 5.91 Å². The van der Waals surface area contributed by atoms with E-state index in [0.29, 0.717) is 19.4 Å². The molecule has 1 N–H and O–H groups in total. The lowest BCUT2D eigenvalue weighted by Crippen LogP contribution is -2.49. The molecule has 1 heterocycles. The molecule has 0 saturated carbocycles. The molecular formula is C21H22N2O4. The van der Waals surface area contributed by atoms with Gasteiger partial charge in [0.1, 0.15) is 12.6 Å². The van der Waals surface area contributed by atoms with Crippen LogP contribution in [0.3, 0.4) is 0 Å². The van der Waals surface area contributed by atoms with Gasteiger partial charge in [0.15, 0.2) is 5.78 Å². The predicted molar refractivity (Wildman–Crippen MR) is 99.9 cm³/mol. The van der Waals surface area contributed by atoms with Gasteiger partial charge < -0.3 is 15.0 Å². The number of alkyl carbamates (subject to hydrolysis) is 1. The maximum Gasteiger partial charge on any atom is 0.408 e. The lowest BCUT2D eigenvalue weighted by atomic mass is 10.1. The van der Waals surface area contributed by atoms with Gasteiger partial charge in [-0.25, -0.2) is 4.79 Å². The van der Waals surface area contributed by atoms with Crippen molar-refractivity contribution in [1.82, 2.24) is 10.2 Å². The smallest absolute Gasteiger partial charge is 0.408 e. The molecule has 0 unspecified atom stereocenters. The minimum Gasteiger partial charge on any atom is -0.445 e. The van der Waals surface area contributed by atoms with E-state index in [0.717, 1.165) is 11.1 Å². The normalized spacial score (nSPS) is 14.7. The predicted octanol–water partition coefficient (Wildman–Crippen LogP) is 2.33. The molecule has 2 aromatic carbocycles. The number of nitrogens with zero attached hydrogens (tertiary/aromatic N) is 1. The van der Waals surface area contributed by atoms with Gasteiger partial charge >= 0.3 is 6.09 Å². The van der Waals surface area contributed by atoms with Crippen LogP contribution in [0.4, 0.5) is 4.79 Å². The van der Waals surface area contributed by atoms with Crippen LogP contribution in [0, 0.1) is 0 Å². The van der Waals surface area contributed by atoms with Crippen LogP contribution in [0.5, 0.6) is 0 Å². The van der Waals surface area contributed by atoms with Crippen molar-refractivity contribution in [3.8, 4) is 0 Å². The van der Waals surface area contributed by atoms with Gasteiger partial charge in [-0.2, -0.15) is 0 Å². The summed E-state index contributed by atoms with van der Waals surface area (Å²) in [6.07, 6.45) is 0.0474. The summed E-state index contributed by atoms with van der Waals surface area (Å²) in [6.45, 7) is 0.621. The molecule has 0 bridgehead atoms. The number of carbonyl (C=O) groups excluding carboxylic acids is 3. The second-order valence-corrected chi connectivity index (χ2v) is 6.50. The molecule has 1 aliphatic heterocycles. The third kappa shape index (κ3) is 5.41. The number of ether oxygens (including phenoxy) is 1. The molecule has 2 aromatic rings. The fraction of sp³-hybridized carbons (Fsp3) is 0.286. The first-order chi connectivity index (χ1) is 13.1. The van der Waals surface area contributed by atoms with E-state index in [2.05, 4.69) is 5.32 Å². The van der Waals surface area contributed by atoms with Gasteiger partial charge in [-0.15, -0.1) is 0 Å². The zero-order chi connectivity index (χ0) is 19.1. The average molecular weight is 366 g/mol. The quantitative estimate of drug-likeness (QED) is 0.851. The van der Waals surface area contributed by atoms with E-state index in [1.54, 1.807) is 0 Å². The van der Waals surface area contributed by atoms with Crippen LogP contribution >= 0.6 is 0 Å². The molecule has 0 radical (unpaired) electrons. The van der Waals surface area contributed by atoms with E-state index in [4.69, 9.17) is 4.74 Å². The largest absolute Gasteiger partial charge is 0.445 e. The number of benzene rings is 2. The van der Waals surface area contributed by atoms with Crippen molar-refractivity contribution in [1.29, 1.82) is 0 Å². The molecule has 2 amide bonds. The second-order valence-electron chi connectivity index (χ2n) is 6.50. The van der Waals surface area contributed by atoms with Crippen molar-refractivity contribution in [3.05, 3.63) is 71.8 Å². The number of hydrogen-bond acceptors (Lipinski definition) is 4. The van der Waals surface area contributed by atoms with E-state index in [9.17, 15) is 14.4 Å². The Morgan fingerprint density at radius 2 is 1.63 bits per heavy atom. The Labute approximate surface area is 158 Å². The summed E-state index contributed by atoms with van der Waals surface area (Å²) in [5, 5.41) is 2.66. The molecule has 1 saturated heterocycles. The van der Waals surface area contributed by atoms with E-state index in [1.807, 2.05) is 60.7 Å². The summed E-state index contributed by atoms with van der Waals surface area (Å²) in [5.41, 5.74) is 1.79. The number of ketones is 1. The van der Waals surface area contributed by atoms with Crippen LogP contribution in [-0.4, -0.2) is 41.8 Å². The first-order valence-electron chi connectivity index (χ1n) is 8.93. The summed E-state index contributed by atoms with van der Waals surface area (Å²) in [4.78, 5) is 38.0.